The maximum Gasteiger partial charge on any atom is 0.238 e. The smallest absolute Gasteiger partial charge is 0.238 e. The van der Waals surface area contributed by atoms with Gasteiger partial charge in [-0.3, -0.25) is 4.99 Å². The Morgan fingerprint density at radius 2 is 2.12 bits per heavy atom. The van der Waals surface area contributed by atoms with Crippen LogP contribution in [0.4, 0.5) is 0 Å². The van der Waals surface area contributed by atoms with Gasteiger partial charge in [0.15, 0.2) is 0 Å². The lowest BCUT2D eigenvalue weighted by Crippen LogP contribution is -2.15. The van der Waals surface area contributed by atoms with Crippen LogP contribution in [0.1, 0.15) is 18.4 Å². The van der Waals surface area contributed by atoms with Crippen molar-refractivity contribution in [2.24, 2.45) is 15.9 Å². The van der Waals surface area contributed by atoms with Gasteiger partial charge in [0.25, 0.3) is 0 Å². The van der Waals surface area contributed by atoms with Gasteiger partial charge in [0.2, 0.25) is 15.8 Å². The zero-order chi connectivity index (χ0) is 18.0. The summed E-state index contributed by atoms with van der Waals surface area (Å²) in [7, 11) is -2.25. The molecule has 0 atom stereocenters. The average Bonchev–Trinajstić information content (AvgIpc) is 3.14. The number of primary sulfonamides is 1. The highest BCUT2D eigenvalue weighted by Gasteiger charge is 2.25. The fraction of sp³-hybridized carbons (Fsp3) is 0.200. The Labute approximate surface area is 144 Å². The standard InChI is InChI=1S/C15H17N7O2S/c1-18-12-6-5-9(7-10(12)8-16)11-3-2-4-13(25(17,23)24)14(11)15-19-21-22-20-15/h2-4,7-8H,5-6,16H2,1H3,(H2,17,23,24)(H,19,20,21,22). The van der Waals surface area contributed by atoms with Crippen molar-refractivity contribution in [2.45, 2.75) is 17.7 Å². The molecule has 0 amide bonds. The molecule has 1 aromatic carbocycles. The van der Waals surface area contributed by atoms with Crippen molar-refractivity contribution in [3.63, 3.8) is 0 Å². The molecule has 0 spiro atoms. The quantitative estimate of drug-likeness (QED) is 0.729. The van der Waals surface area contributed by atoms with E-state index in [4.69, 9.17) is 10.9 Å². The summed E-state index contributed by atoms with van der Waals surface area (Å²) in [5.74, 6) is 0.161. The van der Waals surface area contributed by atoms with Gasteiger partial charge in [-0.1, -0.05) is 12.1 Å². The SMILES string of the molecule is CN=C1CCC(c2cccc(S(N)(=O)=O)c2-c2nn[nH]n2)=CC1=CN. The van der Waals surface area contributed by atoms with E-state index in [2.05, 4.69) is 25.6 Å². The Bertz CT molecular complexity index is 989. The van der Waals surface area contributed by atoms with Crippen LogP contribution in [-0.4, -0.2) is 41.8 Å². The molecule has 1 aliphatic rings. The zero-order valence-corrected chi connectivity index (χ0v) is 14.3. The lowest BCUT2D eigenvalue weighted by Gasteiger charge is -2.20. The summed E-state index contributed by atoms with van der Waals surface area (Å²) in [4.78, 5) is 4.17. The molecule has 0 saturated heterocycles. The van der Waals surface area contributed by atoms with Crippen LogP contribution in [0.15, 0.2) is 45.9 Å². The third-order valence-corrected chi connectivity index (χ3v) is 4.94. The summed E-state index contributed by atoms with van der Waals surface area (Å²) >= 11 is 0. The van der Waals surface area contributed by atoms with Gasteiger partial charge in [0.05, 0.1) is 10.5 Å². The van der Waals surface area contributed by atoms with E-state index in [9.17, 15) is 8.42 Å². The van der Waals surface area contributed by atoms with Crippen molar-refractivity contribution in [3.8, 4) is 11.4 Å². The molecule has 0 bridgehead atoms. The maximum absolute atomic E-state index is 12.0. The van der Waals surface area contributed by atoms with Gasteiger partial charge >= 0.3 is 0 Å². The number of aliphatic imine (C=N–C) groups is 1. The summed E-state index contributed by atoms with van der Waals surface area (Å²) in [5.41, 5.74) is 9.28. The molecule has 2 aromatic rings. The monoisotopic (exact) mass is 359 g/mol. The number of H-pyrrole nitrogens is 1. The molecular formula is C15H17N7O2S. The number of nitrogens with one attached hydrogen (secondary N) is 1. The fourth-order valence-corrected chi connectivity index (χ4v) is 3.63. The second kappa shape index (κ2) is 6.57. The maximum atomic E-state index is 12.0. The summed E-state index contributed by atoms with van der Waals surface area (Å²) in [6, 6.07) is 4.86. The van der Waals surface area contributed by atoms with E-state index >= 15 is 0 Å². The summed E-state index contributed by atoms with van der Waals surface area (Å²) < 4.78 is 24.0. The summed E-state index contributed by atoms with van der Waals surface area (Å²) in [5, 5.41) is 19.1. The van der Waals surface area contributed by atoms with Crippen LogP contribution in [0.2, 0.25) is 0 Å². The van der Waals surface area contributed by atoms with Crippen molar-refractivity contribution in [3.05, 3.63) is 41.6 Å². The molecule has 0 unspecified atom stereocenters. The van der Waals surface area contributed by atoms with Gasteiger partial charge in [-0.15, -0.1) is 10.2 Å². The van der Waals surface area contributed by atoms with E-state index in [0.29, 0.717) is 24.0 Å². The third kappa shape index (κ3) is 3.21. The van der Waals surface area contributed by atoms with Gasteiger partial charge in [0, 0.05) is 24.5 Å². The van der Waals surface area contributed by atoms with Gasteiger partial charge in [0.1, 0.15) is 0 Å². The lowest BCUT2D eigenvalue weighted by atomic mass is 9.87. The predicted molar refractivity (Wildman–Crippen MR) is 93.8 cm³/mol. The lowest BCUT2D eigenvalue weighted by molar-refractivity contribution is 0.598. The molecule has 130 valence electrons. The van der Waals surface area contributed by atoms with Crippen LogP contribution >= 0.6 is 0 Å². The van der Waals surface area contributed by atoms with Gasteiger partial charge in [-0.2, -0.15) is 5.21 Å². The molecule has 10 heteroatoms. The molecule has 0 radical (unpaired) electrons. The molecule has 1 heterocycles. The number of allylic oxidation sites excluding steroid dienone is 3. The zero-order valence-electron chi connectivity index (χ0n) is 13.5. The molecule has 0 saturated carbocycles. The molecule has 1 aromatic heterocycles. The second-order valence-corrected chi connectivity index (χ2v) is 6.95. The molecule has 0 fully saturated rings. The molecule has 9 nitrogen and oxygen atoms in total. The first kappa shape index (κ1) is 17.0. The van der Waals surface area contributed by atoms with E-state index in [1.54, 1.807) is 19.2 Å². The van der Waals surface area contributed by atoms with Crippen LogP contribution in [0, 0.1) is 0 Å². The number of rotatable bonds is 3. The minimum absolute atomic E-state index is 0.0551. The molecular weight excluding hydrogens is 342 g/mol. The van der Waals surface area contributed by atoms with Gasteiger partial charge in [-0.05, 0) is 41.3 Å². The van der Waals surface area contributed by atoms with Crippen LogP contribution in [0.5, 0.6) is 0 Å². The van der Waals surface area contributed by atoms with Crippen molar-refractivity contribution in [1.29, 1.82) is 0 Å². The number of nitrogens with two attached hydrogens (primary N) is 2. The fourth-order valence-electron chi connectivity index (χ4n) is 2.87. The Balaban J connectivity index is 2.26. The number of benzene rings is 1. The summed E-state index contributed by atoms with van der Waals surface area (Å²) in [6.45, 7) is 0. The van der Waals surface area contributed by atoms with Crippen LogP contribution in [0.25, 0.3) is 17.0 Å². The van der Waals surface area contributed by atoms with Crippen molar-refractivity contribution < 1.29 is 8.42 Å². The number of tetrazole rings is 1. The van der Waals surface area contributed by atoms with E-state index in [-0.39, 0.29) is 10.7 Å². The molecule has 0 aliphatic heterocycles. The Morgan fingerprint density at radius 3 is 2.72 bits per heavy atom. The normalized spacial score (nSPS) is 18.6. The van der Waals surface area contributed by atoms with E-state index < -0.39 is 10.0 Å². The number of sulfonamides is 1. The predicted octanol–water partition coefficient (Wildman–Crippen LogP) is 0.605. The van der Waals surface area contributed by atoms with E-state index in [0.717, 1.165) is 16.9 Å². The number of aromatic amines is 1. The van der Waals surface area contributed by atoms with Gasteiger partial charge < -0.3 is 5.73 Å². The Morgan fingerprint density at radius 1 is 1.32 bits per heavy atom. The molecule has 5 N–H and O–H groups in total. The minimum Gasteiger partial charge on any atom is -0.404 e. The van der Waals surface area contributed by atoms with Crippen molar-refractivity contribution in [2.75, 3.05) is 7.05 Å². The highest BCUT2D eigenvalue weighted by molar-refractivity contribution is 7.89. The van der Waals surface area contributed by atoms with E-state index in [1.165, 1.54) is 12.3 Å². The number of hydrogen-bond donors (Lipinski definition) is 3. The van der Waals surface area contributed by atoms with Gasteiger partial charge in [-0.25, -0.2) is 13.6 Å². The first-order valence-electron chi connectivity index (χ1n) is 7.44. The average molecular weight is 359 g/mol. The third-order valence-electron chi connectivity index (χ3n) is 3.99. The van der Waals surface area contributed by atoms with Crippen LogP contribution in [0.3, 0.4) is 0 Å². The highest BCUT2D eigenvalue weighted by Crippen LogP contribution is 2.36. The topological polar surface area (TPSA) is 153 Å². The minimum atomic E-state index is -3.97. The van der Waals surface area contributed by atoms with Crippen molar-refractivity contribution in [1.82, 2.24) is 20.6 Å². The van der Waals surface area contributed by atoms with Crippen LogP contribution in [-0.2, 0) is 10.0 Å². The second-order valence-electron chi connectivity index (χ2n) is 5.42. The van der Waals surface area contributed by atoms with E-state index in [1.807, 2.05) is 6.08 Å². The molecule has 3 rings (SSSR count). The van der Waals surface area contributed by atoms with Crippen LogP contribution < -0.4 is 10.9 Å². The number of nitrogens with zero attached hydrogens (tertiary/aromatic N) is 4. The first-order chi connectivity index (χ1) is 12.0. The molecule has 25 heavy (non-hydrogen) atoms. The Hall–Kier alpha value is -2.85. The highest BCUT2D eigenvalue weighted by atomic mass is 32.2. The summed E-state index contributed by atoms with van der Waals surface area (Å²) in [6.07, 6.45) is 4.73. The largest absolute Gasteiger partial charge is 0.404 e. The Kier molecular flexibility index (Phi) is 4.47. The first-order valence-corrected chi connectivity index (χ1v) is 8.99. The number of hydrogen-bond acceptors (Lipinski definition) is 7. The number of aromatic nitrogens is 4. The molecule has 1 aliphatic carbocycles. The van der Waals surface area contributed by atoms with Crippen molar-refractivity contribution >= 4 is 21.3 Å².